The predicted octanol–water partition coefficient (Wildman–Crippen LogP) is 4.08. The van der Waals surface area contributed by atoms with Gasteiger partial charge < -0.3 is 14.2 Å². The van der Waals surface area contributed by atoms with Crippen molar-refractivity contribution in [1.82, 2.24) is 20.3 Å². The summed E-state index contributed by atoms with van der Waals surface area (Å²) in [5.74, 6) is 0.248. The van der Waals surface area contributed by atoms with Crippen LogP contribution in [0.5, 0.6) is 0 Å². The summed E-state index contributed by atoms with van der Waals surface area (Å²) in [7, 11) is 0. The van der Waals surface area contributed by atoms with E-state index in [0.717, 1.165) is 5.56 Å². The van der Waals surface area contributed by atoms with E-state index in [9.17, 15) is 14.4 Å². The molecule has 0 unspecified atom stereocenters. The first kappa shape index (κ1) is 23.1. The average Bonchev–Trinajstić information content (AvgIpc) is 3.42. The highest BCUT2D eigenvalue weighted by atomic mass is 19.1. The average molecular weight is 484 g/mol. The molecular weight excluding hydrogens is 463 g/mol. The van der Waals surface area contributed by atoms with Crippen LogP contribution in [0.2, 0.25) is 0 Å². The summed E-state index contributed by atoms with van der Waals surface area (Å²) in [6.45, 7) is 1.08. The van der Waals surface area contributed by atoms with Crippen molar-refractivity contribution in [1.29, 1.82) is 5.26 Å². The zero-order valence-electron chi connectivity index (χ0n) is 19.2. The van der Waals surface area contributed by atoms with Crippen LogP contribution in [0.1, 0.15) is 34.6 Å². The number of carbonyl (C=O) groups is 1. The van der Waals surface area contributed by atoms with E-state index in [4.69, 9.17) is 9.26 Å². The van der Waals surface area contributed by atoms with E-state index in [1.165, 1.54) is 12.1 Å². The normalized spacial score (nSPS) is 14.7. The van der Waals surface area contributed by atoms with Gasteiger partial charge in [-0.2, -0.15) is 10.2 Å². The van der Waals surface area contributed by atoms with Gasteiger partial charge in [-0.25, -0.2) is 9.18 Å². The Morgan fingerprint density at radius 1 is 1.06 bits per heavy atom. The maximum atomic E-state index is 13.3. The molecule has 0 aliphatic carbocycles. The monoisotopic (exact) mass is 484 g/mol. The van der Waals surface area contributed by atoms with E-state index in [-0.39, 0.29) is 24.1 Å². The van der Waals surface area contributed by atoms with E-state index in [2.05, 4.69) is 31.3 Å². The van der Waals surface area contributed by atoms with Crippen LogP contribution < -0.4 is 4.90 Å². The van der Waals surface area contributed by atoms with Gasteiger partial charge in [0.05, 0.1) is 17.0 Å². The maximum absolute atomic E-state index is 13.3. The number of hydrogen-bond acceptors (Lipinski definition) is 9. The Bertz CT molecular complexity index is 1380. The molecule has 0 amide bonds. The Morgan fingerprint density at radius 3 is 2.47 bits per heavy atom. The topological polar surface area (TPSA) is 118 Å². The van der Waals surface area contributed by atoms with Crippen LogP contribution in [0.15, 0.2) is 71.3 Å². The minimum atomic E-state index is -0.651. The number of anilines is 1. The Kier molecular flexibility index (Phi) is 6.36. The molecule has 0 bridgehead atoms. The lowest BCUT2D eigenvalue weighted by atomic mass is 9.74. The van der Waals surface area contributed by atoms with Gasteiger partial charge in [-0.05, 0) is 54.8 Å². The molecule has 2 aromatic heterocycles. The van der Waals surface area contributed by atoms with Crippen LogP contribution in [0.25, 0.3) is 11.6 Å². The Morgan fingerprint density at radius 2 is 1.81 bits per heavy atom. The fourth-order valence-corrected chi connectivity index (χ4v) is 4.16. The van der Waals surface area contributed by atoms with Gasteiger partial charge in [-0.15, -0.1) is 10.2 Å². The molecule has 1 fully saturated rings. The Balaban J connectivity index is 1.20. The fourth-order valence-electron chi connectivity index (χ4n) is 4.16. The smallest absolute Gasteiger partial charge is 0.338 e. The summed E-state index contributed by atoms with van der Waals surface area (Å²) in [6.07, 6.45) is 1.18. The fraction of sp³-hybridized carbons (Fsp3) is 0.231. The number of esters is 1. The number of rotatable bonds is 6. The molecule has 0 atom stereocenters. The molecule has 9 nitrogen and oxygen atoms in total. The lowest BCUT2D eigenvalue weighted by Crippen LogP contribution is -2.42. The third kappa shape index (κ3) is 4.77. The van der Waals surface area contributed by atoms with Crippen LogP contribution in [0.3, 0.4) is 0 Å². The van der Waals surface area contributed by atoms with Crippen molar-refractivity contribution in [2.75, 3.05) is 18.0 Å². The Labute approximate surface area is 206 Å². The van der Waals surface area contributed by atoms with Gasteiger partial charge in [0.25, 0.3) is 5.89 Å². The van der Waals surface area contributed by atoms with Crippen molar-refractivity contribution >= 4 is 11.8 Å². The second-order valence-electron chi connectivity index (χ2n) is 8.42. The van der Waals surface area contributed by atoms with Crippen molar-refractivity contribution in [3.8, 4) is 17.7 Å². The highest BCUT2D eigenvalue weighted by molar-refractivity contribution is 5.89. The summed E-state index contributed by atoms with van der Waals surface area (Å²) in [4.78, 5) is 18.3. The number of ether oxygens (including phenoxy) is 1. The number of benzene rings is 2. The molecule has 5 rings (SSSR count). The van der Waals surface area contributed by atoms with Gasteiger partial charge in [0.1, 0.15) is 5.82 Å². The van der Waals surface area contributed by atoms with E-state index in [0.29, 0.717) is 43.0 Å². The van der Waals surface area contributed by atoms with Crippen molar-refractivity contribution < 1.29 is 18.4 Å². The summed E-state index contributed by atoms with van der Waals surface area (Å²) in [6, 6.07) is 20.8. The third-order valence-electron chi connectivity index (χ3n) is 6.23. The van der Waals surface area contributed by atoms with Gasteiger partial charge >= 0.3 is 5.97 Å². The maximum Gasteiger partial charge on any atom is 0.338 e. The summed E-state index contributed by atoms with van der Waals surface area (Å²) < 4.78 is 23.8. The quantitative estimate of drug-likeness (QED) is 0.373. The minimum Gasteiger partial charge on any atom is -0.454 e. The molecule has 10 heteroatoms. The van der Waals surface area contributed by atoms with E-state index >= 15 is 0 Å². The van der Waals surface area contributed by atoms with Crippen LogP contribution in [0.4, 0.5) is 10.2 Å². The second kappa shape index (κ2) is 9.92. The number of carbonyl (C=O) groups excluding carboxylic acids is 1. The summed E-state index contributed by atoms with van der Waals surface area (Å²) in [5, 5.41) is 22.2. The first-order chi connectivity index (χ1) is 17.6. The molecule has 180 valence electrons. The molecule has 0 radical (unpaired) electrons. The molecule has 1 aliphatic heterocycles. The minimum absolute atomic E-state index is 0.134. The van der Waals surface area contributed by atoms with Crippen LogP contribution in [-0.2, 0) is 16.8 Å². The van der Waals surface area contributed by atoms with Gasteiger partial charge in [-0.3, -0.25) is 0 Å². The van der Waals surface area contributed by atoms with Crippen LogP contribution in [-0.4, -0.2) is 39.4 Å². The summed E-state index contributed by atoms with van der Waals surface area (Å²) in [5.41, 5.74) is 1.00. The molecule has 2 aromatic carbocycles. The van der Waals surface area contributed by atoms with Gasteiger partial charge in [0.2, 0.25) is 5.82 Å². The zero-order chi connectivity index (χ0) is 25.0. The molecular formula is C26H21FN6O3. The lowest BCUT2D eigenvalue weighted by molar-refractivity contribution is 0.0459. The number of hydrogen-bond donors (Lipinski definition) is 0. The highest BCUT2D eigenvalue weighted by Gasteiger charge is 2.37. The molecule has 0 N–H and O–H groups in total. The molecule has 1 saturated heterocycles. The molecule has 36 heavy (non-hydrogen) atoms. The predicted molar refractivity (Wildman–Crippen MR) is 126 cm³/mol. The first-order valence-electron chi connectivity index (χ1n) is 11.4. The van der Waals surface area contributed by atoms with E-state index in [1.807, 2.05) is 6.07 Å². The largest absolute Gasteiger partial charge is 0.454 e. The van der Waals surface area contributed by atoms with Gasteiger partial charge in [0.15, 0.2) is 18.1 Å². The number of halogens is 1. The van der Waals surface area contributed by atoms with Gasteiger partial charge in [0, 0.05) is 13.1 Å². The highest BCUT2D eigenvalue weighted by Crippen LogP contribution is 2.36. The van der Waals surface area contributed by atoms with Crippen molar-refractivity contribution in [2.45, 2.75) is 24.9 Å². The molecule has 0 spiro atoms. The van der Waals surface area contributed by atoms with Crippen LogP contribution in [0, 0.1) is 17.1 Å². The molecule has 0 saturated carbocycles. The lowest BCUT2D eigenvalue weighted by Gasteiger charge is -2.38. The van der Waals surface area contributed by atoms with E-state index in [1.54, 1.807) is 48.5 Å². The molecule has 1 aliphatic rings. The Hall–Kier alpha value is -4.65. The van der Waals surface area contributed by atoms with Crippen LogP contribution >= 0.6 is 0 Å². The zero-order valence-corrected chi connectivity index (χ0v) is 19.2. The number of piperidine rings is 1. The second-order valence-corrected chi connectivity index (χ2v) is 8.42. The first-order valence-corrected chi connectivity index (χ1v) is 11.4. The summed E-state index contributed by atoms with van der Waals surface area (Å²) >= 11 is 0. The number of aromatic nitrogens is 4. The van der Waals surface area contributed by atoms with Crippen molar-refractivity contribution in [2.24, 2.45) is 0 Å². The molecule has 3 heterocycles. The number of nitrogens with zero attached hydrogens (tertiary/aromatic N) is 6. The van der Waals surface area contributed by atoms with Gasteiger partial charge in [-0.1, -0.05) is 35.5 Å². The van der Waals surface area contributed by atoms with Crippen molar-refractivity contribution in [3.63, 3.8) is 0 Å². The third-order valence-corrected chi connectivity index (χ3v) is 6.23. The van der Waals surface area contributed by atoms with Crippen molar-refractivity contribution in [3.05, 3.63) is 89.5 Å². The SMILES string of the molecule is N#CC1(c2ccc(F)cc2)CCN(c2ccc(-c3nc(COC(=O)c4ccccc4)no3)nn2)CC1. The standard InChI is InChI=1S/C26H21FN6O3/c27-20-8-6-19(7-9-20)26(17-28)12-14-33(15-13-26)23-11-10-21(30-31-23)24-29-22(32-36-24)16-35-25(34)18-4-2-1-3-5-18/h1-11H,12-16H2. The van der Waals surface area contributed by atoms with E-state index < -0.39 is 11.4 Å². The molecule has 4 aromatic rings. The number of nitriles is 1.